The molecule has 3 aromatic rings. The van der Waals surface area contributed by atoms with E-state index in [9.17, 15) is 19.5 Å². The van der Waals surface area contributed by atoms with Crippen LogP contribution in [-0.4, -0.2) is 74.3 Å². The third-order valence-corrected chi connectivity index (χ3v) is 7.46. The van der Waals surface area contributed by atoms with Gasteiger partial charge in [0.05, 0.1) is 24.9 Å². The van der Waals surface area contributed by atoms with Crippen LogP contribution in [-0.2, 0) is 9.47 Å². The van der Waals surface area contributed by atoms with Gasteiger partial charge in [-0.15, -0.1) is 0 Å². The van der Waals surface area contributed by atoms with E-state index in [1.807, 2.05) is 0 Å². The van der Waals surface area contributed by atoms with Gasteiger partial charge in [0, 0.05) is 32.0 Å². The van der Waals surface area contributed by atoms with Gasteiger partial charge in [0.1, 0.15) is 28.5 Å². The number of nitrogens with one attached hydrogen (secondary N) is 2. The minimum atomic E-state index is -0.740. The molecule has 3 atom stereocenters. The summed E-state index contributed by atoms with van der Waals surface area (Å²) in [5.41, 5.74) is -0.305. The van der Waals surface area contributed by atoms with Gasteiger partial charge in [0.2, 0.25) is 0 Å². The Morgan fingerprint density at radius 2 is 2.02 bits per heavy atom. The van der Waals surface area contributed by atoms with Crippen molar-refractivity contribution in [2.24, 2.45) is 0 Å². The van der Waals surface area contributed by atoms with E-state index in [1.165, 1.54) is 22.7 Å². The normalized spacial score (nSPS) is 21.1. The molecule has 4 heterocycles. The van der Waals surface area contributed by atoms with Crippen LogP contribution in [0.4, 0.5) is 22.1 Å². The van der Waals surface area contributed by atoms with E-state index >= 15 is 0 Å². The molecule has 3 N–H and O–H groups in total. The lowest BCUT2D eigenvalue weighted by Crippen LogP contribution is -2.39. The Morgan fingerprint density at radius 1 is 1.21 bits per heavy atom. The van der Waals surface area contributed by atoms with Gasteiger partial charge in [-0.2, -0.15) is 9.61 Å². The molecule has 3 aromatic heterocycles. The minimum Gasteiger partial charge on any atom is -0.443 e. The molecule has 1 aliphatic heterocycles. The number of hydrogen-bond acceptors (Lipinski definition) is 9. The molecule has 13 heteroatoms. The van der Waals surface area contributed by atoms with Crippen LogP contribution in [0, 0.1) is 0 Å². The number of carbonyl (C=O) groups is 2. The highest BCUT2D eigenvalue weighted by Crippen LogP contribution is 2.26. The molecule has 0 bridgehead atoms. The van der Waals surface area contributed by atoms with Crippen molar-refractivity contribution in [1.29, 1.82) is 0 Å². The van der Waals surface area contributed by atoms with Crippen molar-refractivity contribution in [3.63, 3.8) is 0 Å². The average Bonchev–Trinajstić information content (AvgIpc) is 3.37. The van der Waals surface area contributed by atoms with Crippen molar-refractivity contribution in [3.05, 3.63) is 46.5 Å². The average molecular weight is 582 g/mol. The summed E-state index contributed by atoms with van der Waals surface area (Å²) in [5.74, 6) is 0.130. The van der Waals surface area contributed by atoms with E-state index in [0.717, 1.165) is 32.1 Å². The highest BCUT2D eigenvalue weighted by molar-refractivity contribution is 6.00. The van der Waals surface area contributed by atoms with Crippen LogP contribution < -0.4 is 21.1 Å². The Hall–Kier alpha value is -3.97. The van der Waals surface area contributed by atoms with Crippen LogP contribution in [0.15, 0.2) is 35.4 Å². The molecule has 226 valence electrons. The number of rotatable bonds is 6. The number of amides is 2. The zero-order chi connectivity index (χ0) is 30.0. The van der Waals surface area contributed by atoms with Crippen LogP contribution in [0.25, 0.3) is 5.65 Å². The summed E-state index contributed by atoms with van der Waals surface area (Å²) >= 11 is 0. The fraction of sp³-hybridized carbons (Fsp3) is 0.552. The highest BCUT2D eigenvalue weighted by atomic mass is 16.6. The van der Waals surface area contributed by atoms with Gasteiger partial charge in [-0.25, -0.2) is 9.78 Å². The van der Waals surface area contributed by atoms with E-state index in [1.54, 1.807) is 49.7 Å². The fourth-order valence-corrected chi connectivity index (χ4v) is 5.37. The molecule has 2 amide bonds. The number of aliphatic hydroxyl groups excluding tert-OH is 1. The van der Waals surface area contributed by atoms with Crippen molar-refractivity contribution < 1.29 is 24.2 Å². The smallest absolute Gasteiger partial charge is 0.415 e. The summed E-state index contributed by atoms with van der Waals surface area (Å²) in [5, 5.41) is 20.5. The maximum Gasteiger partial charge on any atom is 0.415 e. The number of carbonyl (C=O) groups excluding carboxylic acids is 2. The number of ether oxygens (including phenoxy) is 2. The topological polar surface area (TPSA) is 152 Å². The lowest BCUT2D eigenvalue weighted by molar-refractivity contribution is 0.0580. The van der Waals surface area contributed by atoms with Crippen molar-refractivity contribution in [3.8, 4) is 0 Å². The van der Waals surface area contributed by atoms with Gasteiger partial charge in [-0.1, -0.05) is 0 Å². The van der Waals surface area contributed by atoms with Gasteiger partial charge in [0.15, 0.2) is 5.65 Å². The van der Waals surface area contributed by atoms with Crippen molar-refractivity contribution in [2.75, 3.05) is 30.5 Å². The van der Waals surface area contributed by atoms with Crippen LogP contribution in [0.5, 0.6) is 0 Å². The predicted molar refractivity (Wildman–Crippen MR) is 156 cm³/mol. The van der Waals surface area contributed by atoms with E-state index in [2.05, 4.69) is 20.7 Å². The molecule has 2 aliphatic rings. The number of pyridine rings is 1. The zero-order valence-corrected chi connectivity index (χ0v) is 24.5. The Balaban J connectivity index is 1.52. The van der Waals surface area contributed by atoms with E-state index in [-0.39, 0.29) is 52.1 Å². The van der Waals surface area contributed by atoms with Crippen molar-refractivity contribution in [1.82, 2.24) is 24.5 Å². The number of fused-ring (bicyclic) bond motifs is 1. The molecule has 0 aromatic carbocycles. The minimum absolute atomic E-state index is 0.0688. The molecular formula is C29H39N7O6. The van der Waals surface area contributed by atoms with Crippen LogP contribution in [0.3, 0.4) is 0 Å². The zero-order valence-electron chi connectivity index (χ0n) is 24.5. The Kier molecular flexibility index (Phi) is 8.50. The van der Waals surface area contributed by atoms with Gasteiger partial charge < -0.3 is 29.8 Å². The van der Waals surface area contributed by atoms with Crippen LogP contribution in [0.1, 0.15) is 75.7 Å². The molecule has 0 unspecified atom stereocenters. The SMILES string of the molecule is CN(C(=O)OC(C)(C)C)c1cc(Nc2cccn([C@@H]3CCCOC3)c2=O)nc2c(C(=O)N[C@@H]3CCC[C@@H](O)C3)cnn12. The first-order chi connectivity index (χ1) is 20.0. The third-order valence-electron chi connectivity index (χ3n) is 7.46. The molecule has 1 aliphatic carbocycles. The monoisotopic (exact) mass is 581 g/mol. The summed E-state index contributed by atoms with van der Waals surface area (Å²) in [6.45, 7) is 6.45. The molecule has 0 spiro atoms. The molecule has 13 nitrogen and oxygen atoms in total. The molecule has 0 radical (unpaired) electrons. The predicted octanol–water partition coefficient (Wildman–Crippen LogP) is 3.39. The summed E-state index contributed by atoms with van der Waals surface area (Å²) < 4.78 is 14.2. The Labute approximate surface area is 243 Å². The quantitative estimate of drug-likeness (QED) is 0.398. The largest absolute Gasteiger partial charge is 0.443 e. The first-order valence-electron chi connectivity index (χ1n) is 14.4. The second-order valence-electron chi connectivity index (χ2n) is 12.0. The number of nitrogens with zero attached hydrogens (tertiary/aromatic N) is 5. The van der Waals surface area contributed by atoms with Crippen LogP contribution >= 0.6 is 0 Å². The molecule has 5 rings (SSSR count). The van der Waals surface area contributed by atoms with E-state index in [0.29, 0.717) is 19.6 Å². The Bertz CT molecular complexity index is 1500. The van der Waals surface area contributed by atoms with Gasteiger partial charge in [0.25, 0.3) is 11.5 Å². The highest BCUT2D eigenvalue weighted by Gasteiger charge is 2.27. The van der Waals surface area contributed by atoms with Gasteiger partial charge in [-0.3, -0.25) is 14.5 Å². The molecular weight excluding hydrogens is 542 g/mol. The standard InChI is InChI=1S/C29H39N7O6/c1-29(2,3)42-28(40)34(4)24-15-23(32-22-11-6-12-35(27(22)39)19-9-7-13-41-17-19)33-25-21(16-30-36(24)25)26(38)31-18-8-5-10-20(37)14-18/h6,11-12,15-16,18-20,37H,5,7-10,13-14,17H2,1-4H3,(H,31,38)(H,32,33)/t18-,19-,20-/m1/s1. The third kappa shape index (κ3) is 6.57. The molecule has 1 saturated carbocycles. The fourth-order valence-electron chi connectivity index (χ4n) is 5.37. The maximum atomic E-state index is 13.4. The summed E-state index contributed by atoms with van der Waals surface area (Å²) in [4.78, 5) is 45.7. The lowest BCUT2D eigenvalue weighted by atomic mass is 9.93. The first-order valence-corrected chi connectivity index (χ1v) is 14.4. The lowest BCUT2D eigenvalue weighted by Gasteiger charge is -2.26. The van der Waals surface area contributed by atoms with Crippen LogP contribution in [0.2, 0.25) is 0 Å². The first kappa shape index (κ1) is 29.5. The number of aliphatic hydroxyl groups is 1. The molecule has 42 heavy (non-hydrogen) atoms. The van der Waals surface area contributed by atoms with E-state index in [4.69, 9.17) is 9.47 Å². The number of anilines is 3. The Morgan fingerprint density at radius 3 is 2.74 bits per heavy atom. The van der Waals surface area contributed by atoms with Gasteiger partial charge in [-0.05, 0) is 71.4 Å². The number of aromatic nitrogens is 4. The summed E-state index contributed by atoms with van der Waals surface area (Å²) in [7, 11) is 1.54. The summed E-state index contributed by atoms with van der Waals surface area (Å²) in [6.07, 6.45) is 6.55. The van der Waals surface area contributed by atoms with Crippen molar-refractivity contribution >= 4 is 35.0 Å². The second kappa shape index (κ2) is 12.1. The van der Waals surface area contributed by atoms with E-state index < -0.39 is 17.8 Å². The van der Waals surface area contributed by atoms with Crippen molar-refractivity contribution in [2.45, 2.75) is 83.1 Å². The maximum absolute atomic E-state index is 13.4. The van der Waals surface area contributed by atoms with Gasteiger partial charge >= 0.3 is 6.09 Å². The molecule has 2 fully saturated rings. The second-order valence-corrected chi connectivity index (χ2v) is 12.0. The number of hydrogen-bond donors (Lipinski definition) is 3. The molecule has 1 saturated heterocycles. The summed E-state index contributed by atoms with van der Waals surface area (Å²) in [6, 6.07) is 4.77.